The first-order chi connectivity index (χ1) is 9.10. The van der Waals surface area contributed by atoms with Crippen LogP contribution in [-0.2, 0) is 0 Å². The first-order valence-electron chi connectivity index (χ1n) is 5.92. The third-order valence-electron chi connectivity index (χ3n) is 2.33. The quantitative estimate of drug-likeness (QED) is 0.917. The summed E-state index contributed by atoms with van der Waals surface area (Å²) in [6.45, 7) is 3.83. The predicted molar refractivity (Wildman–Crippen MR) is 70.5 cm³/mol. The minimum atomic E-state index is -0.498. The maximum atomic E-state index is 13.8. The lowest BCUT2D eigenvalue weighted by atomic mass is 10.2. The van der Waals surface area contributed by atoms with E-state index in [1.54, 1.807) is 19.3 Å². The van der Waals surface area contributed by atoms with Gasteiger partial charge in [0.25, 0.3) is 0 Å². The summed E-state index contributed by atoms with van der Waals surface area (Å²) in [7, 11) is 1.67. The van der Waals surface area contributed by atoms with Crippen molar-refractivity contribution in [1.82, 2.24) is 15.0 Å². The van der Waals surface area contributed by atoms with Crippen LogP contribution in [0.5, 0.6) is 5.75 Å². The monoisotopic (exact) mass is 262 g/mol. The fourth-order valence-electron chi connectivity index (χ4n) is 1.57. The Balaban J connectivity index is 2.41. The SMILES string of the molecule is CNc1ncc(F)c(-c2cncc(OC(C)C)c2)n1. The summed E-state index contributed by atoms with van der Waals surface area (Å²) < 4.78 is 19.3. The van der Waals surface area contributed by atoms with E-state index in [0.29, 0.717) is 17.3 Å². The van der Waals surface area contributed by atoms with E-state index in [2.05, 4.69) is 20.3 Å². The van der Waals surface area contributed by atoms with Crippen molar-refractivity contribution in [3.8, 4) is 17.0 Å². The molecule has 0 saturated heterocycles. The predicted octanol–water partition coefficient (Wildman–Crippen LogP) is 2.51. The van der Waals surface area contributed by atoms with Gasteiger partial charge in [0, 0.05) is 18.8 Å². The van der Waals surface area contributed by atoms with Gasteiger partial charge in [-0.2, -0.15) is 0 Å². The van der Waals surface area contributed by atoms with Gasteiger partial charge in [0.1, 0.15) is 11.4 Å². The Labute approximate surface area is 110 Å². The van der Waals surface area contributed by atoms with Crippen LogP contribution >= 0.6 is 0 Å². The van der Waals surface area contributed by atoms with E-state index >= 15 is 0 Å². The Bertz CT molecular complexity index is 574. The van der Waals surface area contributed by atoms with E-state index in [4.69, 9.17) is 4.74 Å². The molecule has 0 saturated carbocycles. The van der Waals surface area contributed by atoms with Crippen molar-refractivity contribution in [2.24, 2.45) is 0 Å². The molecule has 2 aromatic rings. The molecule has 19 heavy (non-hydrogen) atoms. The van der Waals surface area contributed by atoms with E-state index in [1.807, 2.05) is 13.8 Å². The first-order valence-corrected chi connectivity index (χ1v) is 5.92. The lowest BCUT2D eigenvalue weighted by Crippen LogP contribution is -2.06. The molecule has 2 aromatic heterocycles. The zero-order valence-corrected chi connectivity index (χ0v) is 11.0. The summed E-state index contributed by atoms with van der Waals surface area (Å²) >= 11 is 0. The van der Waals surface area contributed by atoms with E-state index in [9.17, 15) is 4.39 Å². The topological polar surface area (TPSA) is 59.9 Å². The van der Waals surface area contributed by atoms with Crippen LogP contribution < -0.4 is 10.1 Å². The van der Waals surface area contributed by atoms with Gasteiger partial charge in [0.15, 0.2) is 5.82 Å². The van der Waals surface area contributed by atoms with Gasteiger partial charge < -0.3 is 10.1 Å². The Kier molecular flexibility index (Phi) is 3.89. The van der Waals surface area contributed by atoms with Gasteiger partial charge in [-0.25, -0.2) is 14.4 Å². The number of hydrogen-bond acceptors (Lipinski definition) is 5. The summed E-state index contributed by atoms with van der Waals surface area (Å²) in [5.74, 6) is 0.436. The molecule has 5 nitrogen and oxygen atoms in total. The number of nitrogens with zero attached hydrogens (tertiary/aromatic N) is 3. The number of hydrogen-bond donors (Lipinski definition) is 1. The molecule has 0 amide bonds. The highest BCUT2D eigenvalue weighted by Gasteiger charge is 2.11. The highest BCUT2D eigenvalue weighted by Crippen LogP contribution is 2.24. The number of rotatable bonds is 4. The van der Waals surface area contributed by atoms with Gasteiger partial charge in [-0.05, 0) is 19.9 Å². The molecule has 0 aromatic carbocycles. The summed E-state index contributed by atoms with van der Waals surface area (Å²) in [5, 5.41) is 2.77. The van der Waals surface area contributed by atoms with E-state index < -0.39 is 5.82 Å². The van der Waals surface area contributed by atoms with Gasteiger partial charge >= 0.3 is 0 Å². The summed E-state index contributed by atoms with van der Waals surface area (Å²) in [6, 6.07) is 1.71. The number of anilines is 1. The third-order valence-corrected chi connectivity index (χ3v) is 2.33. The van der Waals surface area contributed by atoms with E-state index in [0.717, 1.165) is 6.20 Å². The van der Waals surface area contributed by atoms with Gasteiger partial charge in [0.2, 0.25) is 5.95 Å². The van der Waals surface area contributed by atoms with Crippen molar-refractivity contribution in [2.75, 3.05) is 12.4 Å². The zero-order valence-electron chi connectivity index (χ0n) is 11.0. The molecule has 0 fully saturated rings. The maximum absolute atomic E-state index is 13.8. The van der Waals surface area contributed by atoms with Crippen LogP contribution in [-0.4, -0.2) is 28.1 Å². The smallest absolute Gasteiger partial charge is 0.223 e. The second-order valence-corrected chi connectivity index (χ2v) is 4.22. The van der Waals surface area contributed by atoms with Crippen LogP contribution in [0.25, 0.3) is 11.3 Å². The van der Waals surface area contributed by atoms with Crippen molar-refractivity contribution < 1.29 is 9.13 Å². The Morgan fingerprint density at radius 2 is 2.05 bits per heavy atom. The summed E-state index contributed by atoms with van der Waals surface area (Å²) in [5.41, 5.74) is 0.746. The van der Waals surface area contributed by atoms with Crippen LogP contribution in [0, 0.1) is 5.82 Å². The number of aromatic nitrogens is 3. The molecule has 0 radical (unpaired) electrons. The normalized spacial score (nSPS) is 10.6. The lowest BCUT2D eigenvalue weighted by molar-refractivity contribution is 0.241. The van der Waals surface area contributed by atoms with E-state index in [-0.39, 0.29) is 11.8 Å². The lowest BCUT2D eigenvalue weighted by Gasteiger charge is -2.10. The van der Waals surface area contributed by atoms with Crippen molar-refractivity contribution in [1.29, 1.82) is 0 Å². The standard InChI is InChI=1S/C13H15FN4O/c1-8(2)19-10-4-9(5-16-6-10)12-11(14)7-17-13(15-3)18-12/h4-8H,1-3H3,(H,15,17,18). The average Bonchev–Trinajstić information content (AvgIpc) is 2.39. The largest absolute Gasteiger partial charge is 0.489 e. The molecule has 0 spiro atoms. The second kappa shape index (κ2) is 5.60. The molecule has 0 aliphatic rings. The number of halogens is 1. The molecule has 0 aliphatic carbocycles. The molecule has 2 heterocycles. The van der Waals surface area contributed by atoms with Crippen LogP contribution in [0.3, 0.4) is 0 Å². The second-order valence-electron chi connectivity index (χ2n) is 4.22. The first kappa shape index (κ1) is 13.2. The van der Waals surface area contributed by atoms with Gasteiger partial charge in [-0.1, -0.05) is 0 Å². The molecular formula is C13H15FN4O. The highest BCUT2D eigenvalue weighted by atomic mass is 19.1. The van der Waals surface area contributed by atoms with E-state index in [1.165, 1.54) is 6.20 Å². The van der Waals surface area contributed by atoms with Crippen molar-refractivity contribution >= 4 is 5.95 Å². The number of ether oxygens (including phenoxy) is 1. The zero-order chi connectivity index (χ0) is 13.8. The molecule has 0 bridgehead atoms. The van der Waals surface area contributed by atoms with Crippen LogP contribution in [0.1, 0.15) is 13.8 Å². The fourth-order valence-corrected chi connectivity index (χ4v) is 1.57. The minimum Gasteiger partial charge on any atom is -0.489 e. The van der Waals surface area contributed by atoms with Crippen LogP contribution in [0.4, 0.5) is 10.3 Å². The molecular weight excluding hydrogens is 247 g/mol. The molecule has 0 unspecified atom stereocenters. The van der Waals surface area contributed by atoms with Crippen molar-refractivity contribution in [3.05, 3.63) is 30.5 Å². The van der Waals surface area contributed by atoms with Gasteiger partial charge in [0.05, 0.1) is 18.5 Å². The maximum Gasteiger partial charge on any atom is 0.223 e. The average molecular weight is 262 g/mol. The fraction of sp³-hybridized carbons (Fsp3) is 0.308. The Morgan fingerprint density at radius 1 is 1.26 bits per heavy atom. The number of pyridine rings is 1. The van der Waals surface area contributed by atoms with Gasteiger partial charge in [-0.15, -0.1) is 0 Å². The molecule has 0 aliphatic heterocycles. The molecule has 6 heteroatoms. The van der Waals surface area contributed by atoms with Crippen molar-refractivity contribution in [3.63, 3.8) is 0 Å². The van der Waals surface area contributed by atoms with Crippen LogP contribution in [0.15, 0.2) is 24.7 Å². The van der Waals surface area contributed by atoms with Crippen molar-refractivity contribution in [2.45, 2.75) is 20.0 Å². The summed E-state index contributed by atoms with van der Waals surface area (Å²) in [4.78, 5) is 11.9. The highest BCUT2D eigenvalue weighted by molar-refractivity contribution is 5.61. The minimum absolute atomic E-state index is 0.0279. The number of nitrogens with one attached hydrogen (secondary N) is 1. The van der Waals surface area contributed by atoms with Crippen LogP contribution in [0.2, 0.25) is 0 Å². The molecule has 2 rings (SSSR count). The van der Waals surface area contributed by atoms with Gasteiger partial charge in [-0.3, -0.25) is 4.98 Å². The molecule has 1 N–H and O–H groups in total. The Hall–Kier alpha value is -2.24. The molecule has 0 atom stereocenters. The molecule has 100 valence electrons. The third kappa shape index (κ3) is 3.15. The Morgan fingerprint density at radius 3 is 2.74 bits per heavy atom. The summed E-state index contributed by atoms with van der Waals surface area (Å²) in [6.07, 6.45) is 4.28.